The molecule has 3 nitrogen and oxygen atoms in total. The van der Waals surface area contributed by atoms with E-state index in [0.717, 1.165) is 11.3 Å². The van der Waals surface area contributed by atoms with Crippen LogP contribution < -0.4 is 10.1 Å². The van der Waals surface area contributed by atoms with Crippen molar-refractivity contribution in [2.75, 3.05) is 13.2 Å². The molecular formula is C18H23NO2. The lowest BCUT2D eigenvalue weighted by Crippen LogP contribution is -2.33. The average molecular weight is 285 g/mol. The number of aliphatic hydroxyl groups excluding tert-OH is 1. The fourth-order valence-corrected chi connectivity index (χ4v) is 2.13. The van der Waals surface area contributed by atoms with Crippen LogP contribution in [0, 0.1) is 6.92 Å². The maximum atomic E-state index is 9.99. The van der Waals surface area contributed by atoms with Crippen molar-refractivity contribution in [1.82, 2.24) is 5.32 Å². The first-order valence-electron chi connectivity index (χ1n) is 7.31. The van der Waals surface area contributed by atoms with Crippen molar-refractivity contribution in [2.45, 2.75) is 26.0 Å². The summed E-state index contributed by atoms with van der Waals surface area (Å²) in [5.74, 6) is 0.796. The molecule has 0 spiro atoms. The standard InChI is InChI=1S/C18H23NO2/c1-14-7-6-10-18(11-14)21-13-17(20)12-19-15(2)16-8-4-3-5-9-16/h3-11,15,17,19-20H,12-13H2,1-2H3. The number of rotatable bonds is 7. The van der Waals surface area contributed by atoms with E-state index >= 15 is 0 Å². The highest BCUT2D eigenvalue weighted by atomic mass is 16.5. The molecule has 0 aliphatic heterocycles. The highest BCUT2D eigenvalue weighted by Gasteiger charge is 2.09. The Balaban J connectivity index is 1.73. The number of benzene rings is 2. The van der Waals surface area contributed by atoms with E-state index in [-0.39, 0.29) is 12.6 Å². The third-order valence-corrected chi connectivity index (χ3v) is 3.39. The third kappa shape index (κ3) is 5.21. The Labute approximate surface area is 126 Å². The van der Waals surface area contributed by atoms with Gasteiger partial charge in [0.05, 0.1) is 0 Å². The maximum absolute atomic E-state index is 9.99. The number of ether oxygens (including phenoxy) is 1. The molecule has 112 valence electrons. The molecule has 2 atom stereocenters. The summed E-state index contributed by atoms with van der Waals surface area (Å²) < 4.78 is 5.60. The van der Waals surface area contributed by atoms with E-state index in [2.05, 4.69) is 24.4 Å². The second kappa shape index (κ2) is 7.81. The quantitative estimate of drug-likeness (QED) is 0.821. The number of nitrogens with one attached hydrogen (secondary N) is 1. The molecule has 0 saturated carbocycles. The third-order valence-electron chi connectivity index (χ3n) is 3.39. The Morgan fingerprint density at radius 2 is 1.86 bits per heavy atom. The molecule has 0 fully saturated rings. The van der Waals surface area contributed by atoms with Crippen LogP contribution in [0.4, 0.5) is 0 Å². The van der Waals surface area contributed by atoms with Crippen molar-refractivity contribution in [1.29, 1.82) is 0 Å². The lowest BCUT2D eigenvalue weighted by atomic mass is 10.1. The largest absolute Gasteiger partial charge is 0.491 e. The fourth-order valence-electron chi connectivity index (χ4n) is 2.13. The van der Waals surface area contributed by atoms with Crippen LogP contribution in [0.1, 0.15) is 24.1 Å². The molecule has 0 bridgehead atoms. The van der Waals surface area contributed by atoms with E-state index < -0.39 is 6.10 Å². The zero-order valence-corrected chi connectivity index (χ0v) is 12.6. The van der Waals surface area contributed by atoms with Crippen LogP contribution in [0.2, 0.25) is 0 Å². The molecule has 0 radical (unpaired) electrons. The van der Waals surface area contributed by atoms with Crippen LogP contribution in [0.25, 0.3) is 0 Å². The summed E-state index contributed by atoms with van der Waals surface area (Å²) in [6.45, 7) is 4.90. The first-order chi connectivity index (χ1) is 10.1. The van der Waals surface area contributed by atoms with Gasteiger partial charge in [-0.2, -0.15) is 0 Å². The Morgan fingerprint density at radius 3 is 2.57 bits per heavy atom. The molecule has 0 aromatic heterocycles. The topological polar surface area (TPSA) is 41.5 Å². The molecule has 2 aromatic carbocycles. The number of hydrogen-bond donors (Lipinski definition) is 2. The minimum atomic E-state index is -0.531. The molecule has 2 aromatic rings. The van der Waals surface area contributed by atoms with Crippen molar-refractivity contribution in [2.24, 2.45) is 0 Å². The normalized spacial score (nSPS) is 13.7. The summed E-state index contributed by atoms with van der Waals surface area (Å²) in [5, 5.41) is 13.3. The molecular weight excluding hydrogens is 262 g/mol. The van der Waals surface area contributed by atoms with Crippen LogP contribution in [0.3, 0.4) is 0 Å². The summed E-state index contributed by atoms with van der Waals surface area (Å²) in [5.41, 5.74) is 2.36. The van der Waals surface area contributed by atoms with Gasteiger partial charge in [-0.15, -0.1) is 0 Å². The van der Waals surface area contributed by atoms with Gasteiger partial charge in [-0.25, -0.2) is 0 Å². The summed E-state index contributed by atoms with van der Waals surface area (Å²) in [4.78, 5) is 0. The predicted molar refractivity (Wildman–Crippen MR) is 85.5 cm³/mol. The zero-order valence-electron chi connectivity index (χ0n) is 12.6. The highest BCUT2D eigenvalue weighted by Crippen LogP contribution is 2.13. The maximum Gasteiger partial charge on any atom is 0.119 e. The van der Waals surface area contributed by atoms with Gasteiger partial charge in [0.15, 0.2) is 0 Å². The van der Waals surface area contributed by atoms with Gasteiger partial charge in [0.2, 0.25) is 0 Å². The van der Waals surface area contributed by atoms with E-state index in [9.17, 15) is 5.11 Å². The molecule has 3 heteroatoms. The molecule has 0 aliphatic rings. The molecule has 2 rings (SSSR count). The number of aryl methyl sites for hydroxylation is 1. The first kappa shape index (κ1) is 15.5. The Hall–Kier alpha value is -1.84. The number of aliphatic hydroxyl groups is 1. The highest BCUT2D eigenvalue weighted by molar-refractivity contribution is 5.27. The molecule has 0 heterocycles. The van der Waals surface area contributed by atoms with Crippen molar-refractivity contribution in [3.63, 3.8) is 0 Å². The second-order valence-corrected chi connectivity index (χ2v) is 5.32. The minimum absolute atomic E-state index is 0.208. The van der Waals surface area contributed by atoms with Crippen molar-refractivity contribution < 1.29 is 9.84 Å². The number of hydrogen-bond acceptors (Lipinski definition) is 3. The minimum Gasteiger partial charge on any atom is -0.491 e. The van der Waals surface area contributed by atoms with Crippen LogP contribution in [-0.4, -0.2) is 24.4 Å². The Kier molecular flexibility index (Phi) is 5.78. The van der Waals surface area contributed by atoms with E-state index in [0.29, 0.717) is 6.54 Å². The fraction of sp³-hybridized carbons (Fsp3) is 0.333. The van der Waals surface area contributed by atoms with E-state index in [1.807, 2.05) is 49.4 Å². The summed E-state index contributed by atoms with van der Waals surface area (Å²) in [7, 11) is 0. The predicted octanol–water partition coefficient (Wildman–Crippen LogP) is 3.09. The Morgan fingerprint density at radius 1 is 1.10 bits per heavy atom. The first-order valence-corrected chi connectivity index (χ1v) is 7.31. The van der Waals surface area contributed by atoms with Crippen LogP contribution in [-0.2, 0) is 0 Å². The van der Waals surface area contributed by atoms with E-state index in [4.69, 9.17) is 4.74 Å². The van der Waals surface area contributed by atoms with Crippen LogP contribution in [0.15, 0.2) is 54.6 Å². The molecule has 0 saturated heterocycles. The van der Waals surface area contributed by atoms with Crippen LogP contribution >= 0.6 is 0 Å². The summed E-state index contributed by atoms with van der Waals surface area (Å²) in [6, 6.07) is 18.2. The van der Waals surface area contributed by atoms with Gasteiger partial charge >= 0.3 is 0 Å². The van der Waals surface area contributed by atoms with Gasteiger partial charge in [0.25, 0.3) is 0 Å². The van der Waals surface area contributed by atoms with E-state index in [1.165, 1.54) is 5.56 Å². The molecule has 0 amide bonds. The Bertz CT molecular complexity index is 542. The van der Waals surface area contributed by atoms with E-state index in [1.54, 1.807) is 0 Å². The van der Waals surface area contributed by atoms with Gasteiger partial charge in [-0.3, -0.25) is 0 Å². The summed E-state index contributed by atoms with van der Waals surface area (Å²) in [6.07, 6.45) is -0.531. The van der Waals surface area contributed by atoms with Crippen LogP contribution in [0.5, 0.6) is 5.75 Å². The molecule has 2 N–H and O–H groups in total. The van der Waals surface area contributed by atoms with Crippen molar-refractivity contribution in [3.8, 4) is 5.75 Å². The smallest absolute Gasteiger partial charge is 0.119 e. The second-order valence-electron chi connectivity index (χ2n) is 5.32. The van der Waals surface area contributed by atoms with Gasteiger partial charge < -0.3 is 15.2 Å². The molecule has 2 unspecified atom stereocenters. The lowest BCUT2D eigenvalue weighted by Gasteiger charge is -2.18. The molecule has 21 heavy (non-hydrogen) atoms. The van der Waals surface area contributed by atoms with Gasteiger partial charge in [0, 0.05) is 12.6 Å². The molecule has 0 aliphatic carbocycles. The monoisotopic (exact) mass is 285 g/mol. The van der Waals surface area contributed by atoms with Gasteiger partial charge in [-0.1, -0.05) is 42.5 Å². The lowest BCUT2D eigenvalue weighted by molar-refractivity contribution is 0.104. The average Bonchev–Trinajstić information content (AvgIpc) is 2.51. The van der Waals surface area contributed by atoms with Gasteiger partial charge in [0.1, 0.15) is 18.5 Å². The van der Waals surface area contributed by atoms with Crippen molar-refractivity contribution >= 4 is 0 Å². The SMILES string of the molecule is Cc1cccc(OCC(O)CNC(C)c2ccccc2)c1. The summed E-state index contributed by atoms with van der Waals surface area (Å²) >= 11 is 0. The van der Waals surface area contributed by atoms with Gasteiger partial charge in [-0.05, 0) is 37.1 Å². The zero-order chi connectivity index (χ0) is 15.1. The van der Waals surface area contributed by atoms with Crippen molar-refractivity contribution in [3.05, 3.63) is 65.7 Å².